The quantitative estimate of drug-likeness (QED) is 0.778. The van der Waals surface area contributed by atoms with Gasteiger partial charge in [0.15, 0.2) is 5.43 Å². The summed E-state index contributed by atoms with van der Waals surface area (Å²) < 4.78 is 5.58. The molecule has 0 unspecified atom stereocenters. The van der Waals surface area contributed by atoms with Gasteiger partial charge in [-0.05, 0) is 29.8 Å². The van der Waals surface area contributed by atoms with Crippen LogP contribution < -0.4 is 10.9 Å². The molecule has 1 aliphatic rings. The number of rotatable bonds is 2. The van der Waals surface area contributed by atoms with Crippen LogP contribution in [0.15, 0.2) is 69.1 Å². The maximum absolute atomic E-state index is 12.6. The predicted octanol–water partition coefficient (Wildman–Crippen LogP) is 3.89. The Kier molecular flexibility index (Phi) is 3.39. The van der Waals surface area contributed by atoms with Crippen LogP contribution in [0.4, 0.5) is 0 Å². The lowest BCUT2D eigenvalue weighted by atomic mass is 9.99. The van der Waals surface area contributed by atoms with Gasteiger partial charge in [0.2, 0.25) is 0 Å². The lowest BCUT2D eigenvalue weighted by Gasteiger charge is -2.09. The Morgan fingerprint density at radius 2 is 1.91 bits per heavy atom. The molecule has 1 aromatic heterocycles. The molecule has 0 spiro atoms. The van der Waals surface area contributed by atoms with E-state index in [2.05, 4.69) is 10.5 Å². The molecule has 1 N–H and O–H groups in total. The van der Waals surface area contributed by atoms with E-state index in [1.165, 1.54) is 6.26 Å². The van der Waals surface area contributed by atoms with E-state index in [-0.39, 0.29) is 11.5 Å². The van der Waals surface area contributed by atoms with Crippen molar-refractivity contribution in [1.29, 1.82) is 0 Å². The van der Waals surface area contributed by atoms with Crippen LogP contribution >= 0.6 is 11.6 Å². The highest BCUT2D eigenvalue weighted by molar-refractivity contribution is 6.30. The molecule has 0 saturated heterocycles. The van der Waals surface area contributed by atoms with Gasteiger partial charge in [-0.2, -0.15) is 5.10 Å². The number of halogens is 1. The molecule has 0 radical (unpaired) electrons. The second-order valence-corrected chi connectivity index (χ2v) is 5.90. The number of hydrogen-bond acceptors (Lipinski definition) is 4. The van der Waals surface area contributed by atoms with Gasteiger partial charge in [0, 0.05) is 11.4 Å². The Labute approximate surface area is 137 Å². The third-order valence-corrected chi connectivity index (χ3v) is 4.26. The smallest absolute Gasteiger partial charge is 0.198 e. The molecule has 0 fully saturated rings. The van der Waals surface area contributed by atoms with E-state index in [0.29, 0.717) is 28.0 Å². The van der Waals surface area contributed by atoms with Crippen LogP contribution in [0.5, 0.6) is 0 Å². The first kappa shape index (κ1) is 14.0. The van der Waals surface area contributed by atoms with Gasteiger partial charge in [-0.1, -0.05) is 35.9 Å². The van der Waals surface area contributed by atoms with Gasteiger partial charge >= 0.3 is 0 Å². The summed E-state index contributed by atoms with van der Waals surface area (Å²) in [4.78, 5) is 12.6. The summed E-state index contributed by atoms with van der Waals surface area (Å²) in [5.74, 6) is 0. The van der Waals surface area contributed by atoms with E-state index in [4.69, 9.17) is 16.0 Å². The number of para-hydroxylation sites is 1. The van der Waals surface area contributed by atoms with Crippen LogP contribution in [0.3, 0.4) is 0 Å². The molecular formula is C18H13ClN2O2. The Morgan fingerprint density at radius 1 is 1.13 bits per heavy atom. The average Bonchev–Trinajstić information content (AvgIpc) is 3.06. The van der Waals surface area contributed by atoms with Gasteiger partial charge in [0.1, 0.15) is 11.8 Å². The highest BCUT2D eigenvalue weighted by Crippen LogP contribution is 2.24. The van der Waals surface area contributed by atoms with Crippen molar-refractivity contribution >= 4 is 28.3 Å². The molecule has 23 heavy (non-hydrogen) atoms. The zero-order valence-electron chi connectivity index (χ0n) is 12.1. The van der Waals surface area contributed by atoms with Gasteiger partial charge in [-0.25, -0.2) is 0 Å². The number of fused-ring (bicyclic) bond motifs is 1. The largest absolute Gasteiger partial charge is 0.464 e. The van der Waals surface area contributed by atoms with Crippen molar-refractivity contribution in [3.8, 4) is 0 Å². The molecule has 4 nitrogen and oxygen atoms in total. The van der Waals surface area contributed by atoms with Crippen LogP contribution in [0.1, 0.15) is 23.6 Å². The summed E-state index contributed by atoms with van der Waals surface area (Å²) in [7, 11) is 0. The summed E-state index contributed by atoms with van der Waals surface area (Å²) in [6.45, 7) is 0. The van der Waals surface area contributed by atoms with E-state index in [0.717, 1.165) is 11.3 Å². The number of hydrazone groups is 1. The molecule has 3 aromatic rings. The molecule has 114 valence electrons. The Hall–Kier alpha value is -2.59. The van der Waals surface area contributed by atoms with Crippen LogP contribution in [-0.2, 0) is 0 Å². The maximum atomic E-state index is 12.6. The van der Waals surface area contributed by atoms with E-state index in [1.807, 2.05) is 36.4 Å². The monoisotopic (exact) mass is 324 g/mol. The van der Waals surface area contributed by atoms with E-state index < -0.39 is 0 Å². The van der Waals surface area contributed by atoms with Crippen molar-refractivity contribution in [2.75, 3.05) is 0 Å². The first-order valence-corrected chi connectivity index (χ1v) is 7.68. The molecule has 0 amide bonds. The van der Waals surface area contributed by atoms with Gasteiger partial charge in [-0.3, -0.25) is 4.79 Å². The van der Waals surface area contributed by atoms with E-state index >= 15 is 0 Å². The third-order valence-electron chi connectivity index (χ3n) is 4.01. The molecule has 0 saturated carbocycles. The molecule has 2 heterocycles. The molecular weight excluding hydrogens is 312 g/mol. The van der Waals surface area contributed by atoms with Crippen molar-refractivity contribution in [2.24, 2.45) is 5.10 Å². The Bertz CT molecular complexity index is 961. The highest BCUT2D eigenvalue weighted by Gasteiger charge is 2.24. The van der Waals surface area contributed by atoms with Crippen molar-refractivity contribution in [2.45, 2.75) is 12.5 Å². The van der Waals surface area contributed by atoms with E-state index in [1.54, 1.807) is 12.1 Å². The zero-order chi connectivity index (χ0) is 15.8. The van der Waals surface area contributed by atoms with Crippen LogP contribution in [-0.4, -0.2) is 5.71 Å². The van der Waals surface area contributed by atoms with Gasteiger partial charge in [0.25, 0.3) is 0 Å². The van der Waals surface area contributed by atoms with Crippen LogP contribution in [0.25, 0.3) is 11.0 Å². The fourth-order valence-corrected chi connectivity index (χ4v) is 2.90. The van der Waals surface area contributed by atoms with Gasteiger partial charge in [0.05, 0.1) is 22.7 Å². The SMILES string of the molecule is O=c1c([C@@H]2CC(c3ccc(Cl)cc3)=NN2)coc2ccccc12. The third kappa shape index (κ3) is 2.51. The van der Waals surface area contributed by atoms with Gasteiger partial charge < -0.3 is 9.84 Å². The summed E-state index contributed by atoms with van der Waals surface area (Å²) >= 11 is 5.91. The van der Waals surface area contributed by atoms with Crippen molar-refractivity contribution in [3.63, 3.8) is 0 Å². The predicted molar refractivity (Wildman–Crippen MR) is 91.0 cm³/mol. The molecule has 1 aliphatic heterocycles. The maximum Gasteiger partial charge on any atom is 0.198 e. The molecule has 2 aromatic carbocycles. The van der Waals surface area contributed by atoms with E-state index in [9.17, 15) is 4.79 Å². The summed E-state index contributed by atoms with van der Waals surface area (Å²) in [6, 6.07) is 14.6. The van der Waals surface area contributed by atoms with Crippen molar-refractivity contribution in [3.05, 3.63) is 81.2 Å². The first-order chi connectivity index (χ1) is 11.2. The second kappa shape index (κ2) is 5.56. The second-order valence-electron chi connectivity index (χ2n) is 5.47. The number of nitrogens with zero attached hydrogens (tertiary/aromatic N) is 1. The molecule has 0 bridgehead atoms. The molecule has 4 rings (SSSR count). The number of hydrogen-bond donors (Lipinski definition) is 1. The molecule has 1 atom stereocenters. The average molecular weight is 325 g/mol. The van der Waals surface area contributed by atoms with Crippen LogP contribution in [0.2, 0.25) is 5.02 Å². The standard InChI is InChI=1S/C18H13ClN2O2/c19-12-7-5-11(6-8-12)15-9-16(21-20-15)14-10-23-17-4-2-1-3-13(17)18(14)22/h1-8,10,16,21H,9H2/t16-/m0/s1. The molecule has 5 heteroatoms. The fraction of sp³-hybridized carbons (Fsp3) is 0.111. The number of nitrogens with one attached hydrogen (secondary N) is 1. The minimum Gasteiger partial charge on any atom is -0.464 e. The summed E-state index contributed by atoms with van der Waals surface area (Å²) in [5, 5.41) is 5.63. The zero-order valence-corrected chi connectivity index (χ0v) is 12.9. The summed E-state index contributed by atoms with van der Waals surface area (Å²) in [6.07, 6.45) is 2.16. The highest BCUT2D eigenvalue weighted by atomic mass is 35.5. The number of benzene rings is 2. The summed E-state index contributed by atoms with van der Waals surface area (Å²) in [5.41, 5.74) is 6.11. The molecule has 0 aliphatic carbocycles. The minimum atomic E-state index is -0.179. The van der Waals surface area contributed by atoms with Crippen molar-refractivity contribution < 1.29 is 4.42 Å². The minimum absolute atomic E-state index is 0.0168. The fourth-order valence-electron chi connectivity index (χ4n) is 2.78. The normalized spacial score (nSPS) is 17.1. The lowest BCUT2D eigenvalue weighted by Crippen LogP contribution is -2.19. The Morgan fingerprint density at radius 3 is 2.74 bits per heavy atom. The van der Waals surface area contributed by atoms with Crippen LogP contribution in [0, 0.1) is 0 Å². The Balaban J connectivity index is 1.65. The van der Waals surface area contributed by atoms with Gasteiger partial charge in [-0.15, -0.1) is 0 Å². The topological polar surface area (TPSA) is 54.6 Å². The van der Waals surface area contributed by atoms with Crippen molar-refractivity contribution in [1.82, 2.24) is 5.43 Å². The first-order valence-electron chi connectivity index (χ1n) is 7.31. The lowest BCUT2D eigenvalue weighted by molar-refractivity contribution is 0.552.